The summed E-state index contributed by atoms with van der Waals surface area (Å²) in [5.41, 5.74) is 1.03. The zero-order chi connectivity index (χ0) is 11.3. The van der Waals surface area contributed by atoms with Crippen molar-refractivity contribution in [3.63, 3.8) is 0 Å². The molecule has 0 spiro atoms. The molecule has 0 saturated carbocycles. The van der Waals surface area contributed by atoms with E-state index in [0.29, 0.717) is 6.42 Å². The van der Waals surface area contributed by atoms with E-state index in [-0.39, 0.29) is 24.5 Å². The van der Waals surface area contributed by atoms with Gasteiger partial charge in [-0.1, -0.05) is 13.8 Å². The molecule has 1 unspecified atom stereocenters. The van der Waals surface area contributed by atoms with E-state index < -0.39 is 0 Å². The minimum absolute atomic E-state index is 0.00690. The van der Waals surface area contributed by atoms with Crippen LogP contribution in [0.15, 0.2) is 16.8 Å². The van der Waals surface area contributed by atoms with E-state index in [1.54, 1.807) is 11.3 Å². The number of carbonyl (C=O) groups is 1. The molecule has 84 valence electrons. The molecule has 1 heterocycles. The lowest BCUT2D eigenvalue weighted by molar-refractivity contribution is -0.121. The van der Waals surface area contributed by atoms with Crippen LogP contribution < -0.4 is 5.32 Å². The maximum absolute atomic E-state index is 11.6. The van der Waals surface area contributed by atoms with Crippen molar-refractivity contribution in [2.75, 3.05) is 6.61 Å². The maximum atomic E-state index is 11.6. The second-order valence-electron chi connectivity index (χ2n) is 3.91. The molecule has 0 bridgehead atoms. The summed E-state index contributed by atoms with van der Waals surface area (Å²) in [6, 6.07) is 1.80. The Kier molecular flexibility index (Phi) is 4.78. The summed E-state index contributed by atoms with van der Waals surface area (Å²) >= 11 is 1.58. The third-order valence-electron chi connectivity index (χ3n) is 2.29. The number of aliphatic hydroxyl groups excluding tert-OH is 1. The molecular weight excluding hydrogens is 210 g/mol. The summed E-state index contributed by atoms with van der Waals surface area (Å²) in [5.74, 6) is 0.225. The fourth-order valence-electron chi connectivity index (χ4n) is 1.26. The fraction of sp³-hybridized carbons (Fsp3) is 0.545. The van der Waals surface area contributed by atoms with Crippen LogP contribution in [0, 0.1) is 5.92 Å². The fourth-order valence-corrected chi connectivity index (χ4v) is 1.93. The van der Waals surface area contributed by atoms with Gasteiger partial charge in [0.1, 0.15) is 0 Å². The number of carbonyl (C=O) groups excluding carboxylic acids is 1. The van der Waals surface area contributed by atoms with Crippen LogP contribution in [0.3, 0.4) is 0 Å². The first-order valence-corrected chi connectivity index (χ1v) is 5.99. The highest BCUT2D eigenvalue weighted by Gasteiger charge is 2.14. The summed E-state index contributed by atoms with van der Waals surface area (Å²) in [4.78, 5) is 11.6. The zero-order valence-corrected chi connectivity index (χ0v) is 9.88. The van der Waals surface area contributed by atoms with Crippen LogP contribution >= 0.6 is 11.3 Å². The summed E-state index contributed by atoms with van der Waals surface area (Å²) in [5, 5.41) is 15.8. The molecule has 1 amide bonds. The van der Waals surface area contributed by atoms with Crippen molar-refractivity contribution in [3.8, 4) is 0 Å². The smallest absolute Gasteiger partial charge is 0.224 e. The first-order chi connectivity index (χ1) is 7.13. The van der Waals surface area contributed by atoms with Gasteiger partial charge in [-0.2, -0.15) is 11.3 Å². The lowest BCUT2D eigenvalue weighted by Gasteiger charge is -2.19. The van der Waals surface area contributed by atoms with E-state index in [0.717, 1.165) is 5.56 Å². The molecule has 1 aromatic heterocycles. The molecule has 0 aliphatic heterocycles. The Balaban J connectivity index is 2.41. The Morgan fingerprint density at radius 2 is 2.33 bits per heavy atom. The normalized spacial score (nSPS) is 12.8. The quantitative estimate of drug-likeness (QED) is 0.799. The molecule has 0 radical (unpaired) electrons. The van der Waals surface area contributed by atoms with Gasteiger partial charge in [-0.05, 0) is 28.3 Å². The van der Waals surface area contributed by atoms with E-state index in [9.17, 15) is 4.79 Å². The molecule has 1 atom stereocenters. The van der Waals surface area contributed by atoms with E-state index in [4.69, 9.17) is 5.11 Å². The highest BCUT2D eigenvalue weighted by molar-refractivity contribution is 7.07. The van der Waals surface area contributed by atoms with Gasteiger partial charge in [0, 0.05) is 0 Å². The standard InChI is InChI=1S/C11H17NO2S/c1-8(2)10(6-13)12-11(14)5-9-3-4-15-7-9/h3-4,7-8,10,13H,5-6H2,1-2H3,(H,12,14). The highest BCUT2D eigenvalue weighted by Crippen LogP contribution is 2.07. The van der Waals surface area contributed by atoms with Crippen molar-refractivity contribution in [1.82, 2.24) is 5.32 Å². The van der Waals surface area contributed by atoms with E-state index in [1.807, 2.05) is 30.7 Å². The van der Waals surface area contributed by atoms with Gasteiger partial charge in [-0.3, -0.25) is 4.79 Å². The number of thiophene rings is 1. The molecule has 3 nitrogen and oxygen atoms in total. The Bertz CT molecular complexity index is 296. The molecular formula is C11H17NO2S. The van der Waals surface area contributed by atoms with E-state index >= 15 is 0 Å². The van der Waals surface area contributed by atoms with Crippen LogP contribution in [0.25, 0.3) is 0 Å². The molecule has 0 fully saturated rings. The predicted molar refractivity (Wildman–Crippen MR) is 61.9 cm³/mol. The minimum atomic E-state index is -0.142. The Morgan fingerprint density at radius 3 is 2.80 bits per heavy atom. The Labute approximate surface area is 94.1 Å². The molecule has 15 heavy (non-hydrogen) atoms. The van der Waals surface area contributed by atoms with E-state index in [2.05, 4.69) is 5.32 Å². The van der Waals surface area contributed by atoms with Gasteiger partial charge in [0.15, 0.2) is 0 Å². The van der Waals surface area contributed by atoms with Crippen LogP contribution in [0.4, 0.5) is 0 Å². The number of hydrogen-bond acceptors (Lipinski definition) is 3. The van der Waals surface area contributed by atoms with Crippen molar-refractivity contribution in [3.05, 3.63) is 22.4 Å². The molecule has 1 aromatic rings. The first-order valence-electron chi connectivity index (χ1n) is 5.04. The van der Waals surface area contributed by atoms with Gasteiger partial charge < -0.3 is 10.4 Å². The molecule has 0 aliphatic carbocycles. The molecule has 2 N–H and O–H groups in total. The zero-order valence-electron chi connectivity index (χ0n) is 9.06. The number of nitrogens with one attached hydrogen (secondary N) is 1. The molecule has 0 aromatic carbocycles. The van der Waals surface area contributed by atoms with Gasteiger partial charge >= 0.3 is 0 Å². The molecule has 4 heteroatoms. The number of amides is 1. The van der Waals surface area contributed by atoms with Gasteiger partial charge in [0.05, 0.1) is 19.1 Å². The lowest BCUT2D eigenvalue weighted by atomic mass is 10.1. The molecule has 0 saturated heterocycles. The number of aliphatic hydroxyl groups is 1. The second-order valence-corrected chi connectivity index (χ2v) is 4.69. The molecule has 1 rings (SSSR count). The largest absolute Gasteiger partial charge is 0.394 e. The van der Waals surface area contributed by atoms with Crippen molar-refractivity contribution in [2.24, 2.45) is 5.92 Å². The van der Waals surface area contributed by atoms with Crippen molar-refractivity contribution in [1.29, 1.82) is 0 Å². The van der Waals surface area contributed by atoms with Crippen LogP contribution in [0.1, 0.15) is 19.4 Å². The minimum Gasteiger partial charge on any atom is -0.394 e. The van der Waals surface area contributed by atoms with Crippen molar-refractivity contribution < 1.29 is 9.90 Å². The van der Waals surface area contributed by atoms with E-state index in [1.165, 1.54) is 0 Å². The third-order valence-corrected chi connectivity index (χ3v) is 3.02. The van der Waals surface area contributed by atoms with Crippen LogP contribution in [-0.2, 0) is 11.2 Å². The second kappa shape index (κ2) is 5.88. The van der Waals surface area contributed by atoms with Crippen molar-refractivity contribution >= 4 is 17.2 Å². The SMILES string of the molecule is CC(C)C(CO)NC(=O)Cc1ccsc1. The maximum Gasteiger partial charge on any atom is 0.224 e. The topological polar surface area (TPSA) is 49.3 Å². The number of hydrogen-bond donors (Lipinski definition) is 2. The first kappa shape index (κ1) is 12.2. The van der Waals surface area contributed by atoms with Crippen LogP contribution in [0.5, 0.6) is 0 Å². The van der Waals surface area contributed by atoms with Gasteiger partial charge in [0.2, 0.25) is 5.91 Å². The summed E-state index contributed by atoms with van der Waals surface area (Å²) < 4.78 is 0. The average Bonchev–Trinajstić information content (AvgIpc) is 2.66. The Hall–Kier alpha value is -0.870. The predicted octanol–water partition coefficient (Wildman–Crippen LogP) is 1.42. The van der Waals surface area contributed by atoms with Crippen LogP contribution in [-0.4, -0.2) is 23.7 Å². The van der Waals surface area contributed by atoms with Gasteiger partial charge in [0.25, 0.3) is 0 Å². The average molecular weight is 227 g/mol. The summed E-state index contributed by atoms with van der Waals surface area (Å²) in [7, 11) is 0. The van der Waals surface area contributed by atoms with Crippen molar-refractivity contribution in [2.45, 2.75) is 26.3 Å². The van der Waals surface area contributed by atoms with Crippen LogP contribution in [0.2, 0.25) is 0 Å². The van der Waals surface area contributed by atoms with Gasteiger partial charge in [-0.25, -0.2) is 0 Å². The number of rotatable bonds is 5. The highest BCUT2D eigenvalue weighted by atomic mass is 32.1. The summed E-state index contributed by atoms with van der Waals surface area (Å²) in [6.45, 7) is 3.95. The lowest BCUT2D eigenvalue weighted by Crippen LogP contribution is -2.41. The third kappa shape index (κ3) is 4.01. The molecule has 0 aliphatic rings. The van der Waals surface area contributed by atoms with Gasteiger partial charge in [-0.15, -0.1) is 0 Å². The monoisotopic (exact) mass is 227 g/mol. The Morgan fingerprint density at radius 1 is 1.60 bits per heavy atom. The summed E-state index contributed by atoms with van der Waals surface area (Å²) in [6.07, 6.45) is 0.396.